The highest BCUT2D eigenvalue weighted by Crippen LogP contribution is 2.21. The lowest BCUT2D eigenvalue weighted by molar-refractivity contribution is 0.0712. The van der Waals surface area contributed by atoms with Crippen molar-refractivity contribution >= 4 is 5.91 Å². The number of likely N-dealkylation sites (tertiary alicyclic amines) is 1. The fourth-order valence-electron chi connectivity index (χ4n) is 3.60. The predicted molar refractivity (Wildman–Crippen MR) is 101 cm³/mol. The Hall–Kier alpha value is -2.14. The van der Waals surface area contributed by atoms with E-state index in [1.54, 1.807) is 0 Å². The molecule has 1 fully saturated rings. The van der Waals surface area contributed by atoms with E-state index in [2.05, 4.69) is 41.1 Å². The van der Waals surface area contributed by atoms with Crippen molar-refractivity contribution in [2.24, 2.45) is 0 Å². The molecule has 0 radical (unpaired) electrons. The summed E-state index contributed by atoms with van der Waals surface area (Å²) >= 11 is 0. The SMILES string of the molecule is CCN(C[C@@H]1CCCN1CC)C(=O)c1cc(-c2ccc(C)cc2)n[nH]1. The molecule has 2 aromatic rings. The Labute approximate surface area is 150 Å². The van der Waals surface area contributed by atoms with Gasteiger partial charge >= 0.3 is 0 Å². The fraction of sp³-hybridized carbons (Fsp3) is 0.500. The van der Waals surface area contributed by atoms with E-state index in [4.69, 9.17) is 0 Å². The van der Waals surface area contributed by atoms with Gasteiger partial charge in [0.25, 0.3) is 5.91 Å². The van der Waals surface area contributed by atoms with Crippen LogP contribution in [0.2, 0.25) is 0 Å². The molecule has 1 amide bonds. The highest BCUT2D eigenvalue weighted by atomic mass is 16.2. The second-order valence-corrected chi connectivity index (χ2v) is 6.80. The molecule has 3 rings (SSSR count). The third-order valence-electron chi connectivity index (χ3n) is 5.16. The average Bonchev–Trinajstić information content (AvgIpc) is 3.29. The second kappa shape index (κ2) is 7.83. The van der Waals surface area contributed by atoms with Gasteiger partial charge in [-0.2, -0.15) is 5.10 Å². The number of hydrogen-bond acceptors (Lipinski definition) is 3. The molecule has 5 nitrogen and oxygen atoms in total. The number of aryl methyl sites for hydroxylation is 1. The van der Waals surface area contributed by atoms with Crippen molar-refractivity contribution in [2.75, 3.05) is 26.2 Å². The van der Waals surface area contributed by atoms with Gasteiger partial charge in [0.1, 0.15) is 5.69 Å². The Morgan fingerprint density at radius 2 is 2.08 bits per heavy atom. The summed E-state index contributed by atoms with van der Waals surface area (Å²) in [4.78, 5) is 17.3. The molecule has 0 spiro atoms. The number of rotatable bonds is 6. The van der Waals surface area contributed by atoms with Gasteiger partial charge in [0.05, 0.1) is 5.69 Å². The van der Waals surface area contributed by atoms with Crippen LogP contribution in [0.1, 0.15) is 42.7 Å². The van der Waals surface area contributed by atoms with E-state index in [0.717, 1.165) is 30.9 Å². The van der Waals surface area contributed by atoms with Gasteiger partial charge in [0, 0.05) is 24.7 Å². The van der Waals surface area contributed by atoms with Gasteiger partial charge in [0.2, 0.25) is 0 Å². The first-order valence-electron chi connectivity index (χ1n) is 9.28. The highest BCUT2D eigenvalue weighted by molar-refractivity contribution is 5.93. The Balaban J connectivity index is 1.71. The van der Waals surface area contributed by atoms with E-state index in [-0.39, 0.29) is 5.91 Å². The van der Waals surface area contributed by atoms with Crippen molar-refractivity contribution in [3.05, 3.63) is 41.6 Å². The van der Waals surface area contributed by atoms with Crippen LogP contribution in [0.25, 0.3) is 11.3 Å². The van der Waals surface area contributed by atoms with Crippen LogP contribution in [-0.2, 0) is 0 Å². The molecule has 0 bridgehead atoms. The molecule has 0 saturated carbocycles. The van der Waals surface area contributed by atoms with Crippen LogP contribution in [0, 0.1) is 6.92 Å². The quantitative estimate of drug-likeness (QED) is 0.877. The number of carbonyl (C=O) groups is 1. The lowest BCUT2D eigenvalue weighted by Gasteiger charge is -2.29. The standard InChI is InChI=1S/C20H28N4O/c1-4-23-12-6-7-17(23)14-24(5-2)20(25)19-13-18(21-22-19)16-10-8-15(3)9-11-16/h8-11,13,17H,4-7,12,14H2,1-3H3,(H,21,22)/t17-/m0/s1. The molecular weight excluding hydrogens is 312 g/mol. The lowest BCUT2D eigenvalue weighted by atomic mass is 10.1. The summed E-state index contributed by atoms with van der Waals surface area (Å²) in [7, 11) is 0. The number of amides is 1. The number of aromatic amines is 1. The lowest BCUT2D eigenvalue weighted by Crippen LogP contribution is -2.43. The molecule has 0 unspecified atom stereocenters. The minimum Gasteiger partial charge on any atom is -0.336 e. The van der Waals surface area contributed by atoms with E-state index in [1.165, 1.54) is 18.4 Å². The Kier molecular flexibility index (Phi) is 5.53. The number of nitrogens with one attached hydrogen (secondary N) is 1. The molecule has 2 heterocycles. The van der Waals surface area contributed by atoms with Crippen molar-refractivity contribution < 1.29 is 4.79 Å². The molecule has 25 heavy (non-hydrogen) atoms. The van der Waals surface area contributed by atoms with Crippen LogP contribution in [-0.4, -0.2) is 58.1 Å². The monoisotopic (exact) mass is 340 g/mol. The van der Waals surface area contributed by atoms with Gasteiger partial charge in [-0.3, -0.25) is 14.8 Å². The van der Waals surface area contributed by atoms with Crippen LogP contribution in [0.4, 0.5) is 0 Å². The van der Waals surface area contributed by atoms with Gasteiger partial charge in [-0.15, -0.1) is 0 Å². The molecule has 1 N–H and O–H groups in total. The maximum absolute atomic E-state index is 12.9. The van der Waals surface area contributed by atoms with Crippen molar-refractivity contribution in [3.63, 3.8) is 0 Å². The molecule has 0 aliphatic carbocycles. The van der Waals surface area contributed by atoms with Gasteiger partial charge in [0.15, 0.2) is 0 Å². The fourth-order valence-corrected chi connectivity index (χ4v) is 3.60. The molecule has 5 heteroatoms. The Morgan fingerprint density at radius 3 is 2.76 bits per heavy atom. The van der Waals surface area contributed by atoms with Crippen molar-refractivity contribution in [3.8, 4) is 11.3 Å². The van der Waals surface area contributed by atoms with Gasteiger partial charge < -0.3 is 4.90 Å². The van der Waals surface area contributed by atoms with E-state index >= 15 is 0 Å². The molecule has 1 saturated heterocycles. The van der Waals surface area contributed by atoms with E-state index < -0.39 is 0 Å². The second-order valence-electron chi connectivity index (χ2n) is 6.80. The zero-order valence-electron chi connectivity index (χ0n) is 15.5. The summed E-state index contributed by atoms with van der Waals surface area (Å²) in [5.74, 6) is 0.0383. The first-order chi connectivity index (χ1) is 12.1. The normalized spacial score (nSPS) is 17.8. The zero-order valence-corrected chi connectivity index (χ0v) is 15.5. The summed E-state index contributed by atoms with van der Waals surface area (Å²) in [5, 5.41) is 7.26. The molecule has 1 aromatic heterocycles. The molecule has 1 aromatic carbocycles. The van der Waals surface area contributed by atoms with Gasteiger partial charge in [-0.1, -0.05) is 36.8 Å². The van der Waals surface area contributed by atoms with Crippen LogP contribution >= 0.6 is 0 Å². The van der Waals surface area contributed by atoms with Crippen molar-refractivity contribution in [2.45, 2.75) is 39.7 Å². The molecule has 1 aliphatic rings. The number of aromatic nitrogens is 2. The van der Waals surface area contributed by atoms with E-state index in [0.29, 0.717) is 18.3 Å². The number of likely N-dealkylation sites (N-methyl/N-ethyl adjacent to an activating group) is 2. The predicted octanol–water partition coefficient (Wildman–Crippen LogP) is 3.33. The third-order valence-corrected chi connectivity index (χ3v) is 5.16. The van der Waals surface area contributed by atoms with Gasteiger partial charge in [-0.25, -0.2) is 0 Å². The first kappa shape index (κ1) is 17.7. The molecule has 134 valence electrons. The summed E-state index contributed by atoms with van der Waals surface area (Å²) in [6, 6.07) is 10.5. The minimum atomic E-state index is 0.0383. The number of carbonyl (C=O) groups excluding carboxylic acids is 1. The number of hydrogen-bond donors (Lipinski definition) is 1. The minimum absolute atomic E-state index is 0.0383. The topological polar surface area (TPSA) is 52.2 Å². The maximum Gasteiger partial charge on any atom is 0.271 e. The number of nitrogens with zero attached hydrogens (tertiary/aromatic N) is 3. The maximum atomic E-state index is 12.9. The summed E-state index contributed by atoms with van der Waals surface area (Å²) < 4.78 is 0. The van der Waals surface area contributed by atoms with E-state index in [1.807, 2.05) is 30.0 Å². The van der Waals surface area contributed by atoms with Gasteiger partial charge in [-0.05, 0) is 45.8 Å². The van der Waals surface area contributed by atoms with Crippen LogP contribution in [0.3, 0.4) is 0 Å². The summed E-state index contributed by atoms with van der Waals surface area (Å²) in [6.07, 6.45) is 2.40. The number of benzene rings is 1. The Morgan fingerprint density at radius 1 is 1.32 bits per heavy atom. The average molecular weight is 340 g/mol. The highest BCUT2D eigenvalue weighted by Gasteiger charge is 2.27. The summed E-state index contributed by atoms with van der Waals surface area (Å²) in [6.45, 7) is 10.0. The van der Waals surface area contributed by atoms with Crippen LogP contribution in [0.15, 0.2) is 30.3 Å². The zero-order chi connectivity index (χ0) is 17.8. The number of H-pyrrole nitrogens is 1. The molecular formula is C20H28N4O. The summed E-state index contributed by atoms with van der Waals surface area (Å²) in [5.41, 5.74) is 3.62. The smallest absolute Gasteiger partial charge is 0.271 e. The van der Waals surface area contributed by atoms with E-state index in [9.17, 15) is 4.79 Å². The Bertz CT molecular complexity index is 707. The van der Waals surface area contributed by atoms with Crippen molar-refractivity contribution in [1.29, 1.82) is 0 Å². The largest absolute Gasteiger partial charge is 0.336 e. The van der Waals surface area contributed by atoms with Crippen LogP contribution < -0.4 is 0 Å². The third kappa shape index (κ3) is 3.93. The van der Waals surface area contributed by atoms with Crippen molar-refractivity contribution in [1.82, 2.24) is 20.0 Å². The van der Waals surface area contributed by atoms with Crippen LogP contribution in [0.5, 0.6) is 0 Å². The molecule has 1 atom stereocenters. The molecule has 1 aliphatic heterocycles. The first-order valence-corrected chi connectivity index (χ1v) is 9.28.